The zero-order valence-corrected chi connectivity index (χ0v) is 86.9. The molecular weight excluding hydrogens is 1920 g/mol. The van der Waals surface area contributed by atoms with Gasteiger partial charge in [0.1, 0.15) is 48.3 Å². The molecule has 41 heteroatoms. The van der Waals surface area contributed by atoms with E-state index in [4.69, 9.17) is 68.4 Å². The molecule has 2 saturated carbocycles. The predicted molar refractivity (Wildman–Crippen MR) is 546 cm³/mol. The number of unbranched alkanes of at least 4 members (excludes halogenated alkanes) is 1. The number of aryl methyl sites for hydroxylation is 2. The third-order valence-corrected chi connectivity index (χ3v) is 29.6. The summed E-state index contributed by atoms with van der Waals surface area (Å²) in [5.74, 6) is 0.299. The number of urea groups is 1. The van der Waals surface area contributed by atoms with Gasteiger partial charge < -0.3 is 126 Å². The standard InChI is InChI=1S/C106H155N14O26P/c1-72(2)94(99(130)115-84(24-16-45-112-102(107)133)96(127)116-85(70-121)98(129)113-78-33-29-74-31-35-88-103(3,80(74)67-78)40-17-42-105(88,5)100(131)118-101(132)106(6)43-18-41-104(4)81-68-79(122)34-30-75(81)32-36-89(104)106)117-97(128)83(23-14-15-44-110-92(125)71-146-87-26-9-7-8-22-82(95(87)119-108)109-46-49-138-52-55-141-59-60-143-61-62-144-63-64-145-65-66-147(134,135)136)114-91(124)39-48-137-51-54-140-57-58-142-56-53-139-50-47-111-90(123)37-38-93(126)120-69-77-21-11-10-19-73(77)27-28-76-20-12-13-25-86(76)120/h10-13,19-21,25,29-30,33-34,67-68,72,83-85,87-89,94,108-109,121-122H,7-9,14-18,22-24,26,31-32,35-66,69-71H2,1-6H3,(H,110,125)(H,111,123)(H,113,129)(H,114,124)(H,115,130)(H,116,127)(H,117,128)(H3,107,112,133)(H,118,131,132)(H2,134,135,136)/b95-82-,119-108?/t83-,84+,85+,87?,88-,89-,94+,103-,104-,105+,106+/m1/s1. The normalized spacial score (nSPS) is 21.2. The number of nitrogens with two attached hydrogens (primary N) is 1. The second kappa shape index (κ2) is 60.2. The molecule has 1 aliphatic heterocycles. The number of nitrogens with one attached hydrogen (secondary N) is 11. The van der Waals surface area contributed by atoms with Gasteiger partial charge in [-0.2, -0.15) is 5.11 Å². The van der Waals surface area contributed by atoms with Gasteiger partial charge in [0, 0.05) is 68.0 Å². The Morgan fingerprint density at radius 1 is 0.510 bits per heavy atom. The van der Waals surface area contributed by atoms with Crippen LogP contribution < -0.4 is 63.8 Å². The van der Waals surface area contributed by atoms with Gasteiger partial charge in [-0.05, 0) is 202 Å². The highest BCUT2D eigenvalue weighted by Crippen LogP contribution is 2.60. The number of fused-ring (bicyclic) bond motifs is 8. The molecule has 0 spiro atoms. The quantitative estimate of drug-likeness (QED) is 0.00660. The third-order valence-electron chi connectivity index (χ3n) is 28.8. The molecule has 6 aliphatic rings. The summed E-state index contributed by atoms with van der Waals surface area (Å²) in [5.41, 5.74) is 19.6. The lowest BCUT2D eigenvalue weighted by Gasteiger charge is -2.56. The lowest BCUT2D eigenvalue weighted by Crippen LogP contribution is -2.60. The van der Waals surface area contributed by atoms with Crippen LogP contribution >= 0.6 is 7.60 Å². The van der Waals surface area contributed by atoms with Crippen LogP contribution in [0.25, 0.3) is 0 Å². The fourth-order valence-electron chi connectivity index (χ4n) is 20.9. The van der Waals surface area contributed by atoms with E-state index < -0.39 is 108 Å². The summed E-state index contributed by atoms with van der Waals surface area (Å²) in [5, 5.41) is 53.6. The summed E-state index contributed by atoms with van der Waals surface area (Å²) in [6.45, 7) is 15.5. The molecule has 10 rings (SSSR count). The van der Waals surface area contributed by atoms with E-state index in [1.807, 2.05) is 86.6 Å². The van der Waals surface area contributed by atoms with Gasteiger partial charge >= 0.3 is 13.6 Å². The number of aliphatic hydroxyl groups is 1. The van der Waals surface area contributed by atoms with E-state index in [2.05, 4.69) is 84.0 Å². The van der Waals surface area contributed by atoms with Crippen molar-refractivity contribution in [1.29, 1.82) is 5.53 Å². The molecule has 11 atom stereocenters. The molecule has 1 unspecified atom stereocenters. The van der Waals surface area contributed by atoms with Crippen molar-refractivity contribution in [1.82, 2.24) is 47.9 Å². The van der Waals surface area contributed by atoms with Gasteiger partial charge in [0.15, 0.2) is 0 Å². The van der Waals surface area contributed by atoms with E-state index in [0.29, 0.717) is 134 Å². The van der Waals surface area contributed by atoms with Crippen molar-refractivity contribution in [3.63, 3.8) is 0 Å². The van der Waals surface area contributed by atoms with Crippen LogP contribution in [0.15, 0.2) is 101 Å². The number of aliphatic hydroxyl groups excluding tert-OH is 1. The zero-order valence-electron chi connectivity index (χ0n) is 86.0. The second-order valence-corrected chi connectivity index (χ2v) is 41.5. The molecular formula is C106H155N14O26P. The second-order valence-electron chi connectivity index (χ2n) is 39.7. The Morgan fingerprint density at radius 3 is 1.65 bits per heavy atom. The van der Waals surface area contributed by atoms with Crippen molar-refractivity contribution < 1.29 is 125 Å². The van der Waals surface area contributed by atoms with Crippen molar-refractivity contribution in [3.05, 3.63) is 135 Å². The van der Waals surface area contributed by atoms with E-state index >= 15 is 4.79 Å². The number of para-hydroxylation sites is 1. The van der Waals surface area contributed by atoms with Crippen LogP contribution in [-0.4, -0.2) is 280 Å². The first kappa shape index (κ1) is 118. The largest absolute Gasteiger partial charge is 0.508 e. The summed E-state index contributed by atoms with van der Waals surface area (Å²) in [4.78, 5) is 173. The van der Waals surface area contributed by atoms with Gasteiger partial charge in [-0.1, -0.05) is 122 Å². The predicted octanol–water partition coefficient (Wildman–Crippen LogP) is 7.76. The Hall–Kier alpha value is -10.7. The molecule has 810 valence electrons. The van der Waals surface area contributed by atoms with Crippen molar-refractivity contribution in [2.75, 3.05) is 175 Å². The van der Waals surface area contributed by atoms with E-state index in [1.54, 1.807) is 30.9 Å². The number of carbonyl (C=O) groups is 11. The first-order valence-corrected chi connectivity index (χ1v) is 53.7. The number of phenols is 1. The number of nitrogens with zero attached hydrogens (tertiary/aromatic N) is 2. The number of amides is 12. The molecule has 17 N–H and O–H groups in total. The fraction of sp³-hybridized carbons (Fsp3) is 0.632. The lowest BCUT2D eigenvalue weighted by molar-refractivity contribution is -0.150. The maximum absolute atomic E-state index is 15.0. The topological polar surface area (TPSA) is 564 Å². The number of phenolic OH excluding ortho intramolecular Hbond substituents is 1. The number of aromatic hydroxyl groups is 1. The van der Waals surface area contributed by atoms with Gasteiger partial charge in [0.05, 0.1) is 155 Å². The number of rotatable bonds is 63. The minimum Gasteiger partial charge on any atom is -0.508 e. The molecule has 1 heterocycles. The smallest absolute Gasteiger partial charge is 0.327 e. The number of allylic oxidation sites excluding steroid dienone is 1. The number of primary amides is 1. The van der Waals surface area contributed by atoms with Gasteiger partial charge in [0.25, 0.3) is 0 Å². The first-order valence-electron chi connectivity index (χ1n) is 51.9. The number of anilines is 2. The number of ether oxygens (including phenoxy) is 10. The van der Waals surface area contributed by atoms with Crippen LogP contribution in [-0.2, 0) is 130 Å². The maximum Gasteiger partial charge on any atom is 0.327 e. The minimum absolute atomic E-state index is 0.00291. The molecule has 2 fully saturated rings. The number of imide groups is 1. The van der Waals surface area contributed by atoms with Crippen LogP contribution in [0.3, 0.4) is 0 Å². The van der Waals surface area contributed by atoms with Crippen molar-refractivity contribution >= 4 is 84.1 Å². The van der Waals surface area contributed by atoms with E-state index in [-0.39, 0.29) is 197 Å². The number of benzene rings is 4. The van der Waals surface area contributed by atoms with Crippen LogP contribution in [0.5, 0.6) is 5.75 Å². The molecule has 40 nitrogen and oxygen atoms in total. The fourth-order valence-corrected chi connectivity index (χ4v) is 21.3. The molecule has 4 aromatic rings. The number of carbonyl (C=O) groups excluding carboxylic acids is 11. The Kier molecular flexibility index (Phi) is 48.4. The Morgan fingerprint density at radius 2 is 1.04 bits per heavy atom. The summed E-state index contributed by atoms with van der Waals surface area (Å²) < 4.78 is 67.2. The minimum atomic E-state index is -4.10. The molecule has 12 amide bonds. The first-order chi connectivity index (χ1) is 70.7. The highest BCUT2D eigenvalue weighted by Gasteiger charge is 2.59. The summed E-state index contributed by atoms with van der Waals surface area (Å²) in [6, 6.07) is 19.7. The van der Waals surface area contributed by atoms with Crippen LogP contribution in [0.4, 0.5) is 16.2 Å². The molecule has 5 aliphatic carbocycles. The van der Waals surface area contributed by atoms with Crippen molar-refractivity contribution in [2.24, 2.45) is 39.4 Å². The highest BCUT2D eigenvalue weighted by atomic mass is 31.2. The molecule has 0 radical (unpaired) electrons. The molecule has 0 aromatic heterocycles. The van der Waals surface area contributed by atoms with Gasteiger partial charge in [-0.15, -0.1) is 0 Å². The molecule has 0 saturated heterocycles. The van der Waals surface area contributed by atoms with Crippen molar-refractivity contribution in [2.45, 2.75) is 237 Å². The Balaban J connectivity index is 0.689. The van der Waals surface area contributed by atoms with E-state index in [9.17, 15) is 62.7 Å². The number of hydrogen-bond acceptors (Lipinski definition) is 27. The molecule has 0 bridgehead atoms. The van der Waals surface area contributed by atoms with Crippen LogP contribution in [0.2, 0.25) is 0 Å². The SMILES string of the molecule is CC(C)[C@H](NC(=O)[C@@H](CCCCNC(=O)COC1CCCCC/C(NCCOCCOCCOCCOCCOCCP(=O)(O)O)=C\1N=N)NC(=O)CCOCCOCCOCCOCCNC(=O)CCC(=O)N1Cc2ccccc2C#Cc2ccccc21)C(=O)N[C@@H](CCCNC(N)=O)C(=O)N[C@@H](CO)C(=O)Nc1ccc2c(c1)[C@@]1(C)CCC[C@](C)(C(=O)NC(=O)[C@@]3(C)CCC[C@]4(C)c5cc(O)ccc5CC[C@@H]34)[C@@H]1CC2. The summed E-state index contributed by atoms with van der Waals surface area (Å²) in [7, 11) is -4.10. The lowest BCUT2D eigenvalue weighted by atomic mass is 9.49. The Bertz CT molecular complexity index is 5190. The Labute approximate surface area is 861 Å². The van der Waals surface area contributed by atoms with Gasteiger partial charge in [-0.25, -0.2) is 10.3 Å². The van der Waals surface area contributed by atoms with Crippen LogP contribution in [0, 0.1) is 46.0 Å². The van der Waals surface area contributed by atoms with Crippen molar-refractivity contribution in [3.8, 4) is 17.6 Å². The summed E-state index contributed by atoms with van der Waals surface area (Å²) >= 11 is 0. The maximum atomic E-state index is 15.0. The third kappa shape index (κ3) is 36.3. The monoisotopic (exact) mass is 2070 g/mol. The van der Waals surface area contributed by atoms with Gasteiger partial charge in [-0.3, -0.25) is 57.8 Å². The van der Waals surface area contributed by atoms with E-state index in [0.717, 1.165) is 84.0 Å². The van der Waals surface area contributed by atoms with E-state index in [1.165, 1.54) is 5.56 Å². The molecule has 147 heavy (non-hydrogen) atoms. The summed E-state index contributed by atoms with van der Waals surface area (Å²) in [6.07, 6.45) is 9.99. The zero-order chi connectivity index (χ0) is 106. The average Bonchev–Trinajstić information content (AvgIpc) is 0.709. The molecule has 4 aromatic carbocycles. The van der Waals surface area contributed by atoms with Crippen LogP contribution in [0.1, 0.15) is 215 Å². The average molecular weight is 2070 g/mol. The highest BCUT2D eigenvalue weighted by molar-refractivity contribution is 7.51. The van der Waals surface area contributed by atoms with Gasteiger partial charge in [0.2, 0.25) is 59.1 Å². The number of hydrogen-bond donors (Lipinski definition) is 16.